The third-order valence-electron chi connectivity index (χ3n) is 2.89. The van der Waals surface area contributed by atoms with Gasteiger partial charge in [0.2, 0.25) is 0 Å². The molecule has 110 valence electrons. The number of rotatable bonds is 6. The molecule has 0 aliphatic rings. The average molecular weight is 285 g/mol. The first kappa shape index (κ1) is 14.9. The minimum atomic E-state index is -0.169. The van der Waals surface area contributed by atoms with Gasteiger partial charge in [-0.05, 0) is 25.5 Å². The Balaban J connectivity index is 2.03. The van der Waals surface area contributed by atoms with Crippen molar-refractivity contribution in [2.24, 2.45) is 0 Å². The summed E-state index contributed by atoms with van der Waals surface area (Å²) in [6.07, 6.45) is 5.91. The van der Waals surface area contributed by atoms with Crippen LogP contribution in [0.5, 0.6) is 0 Å². The molecule has 0 saturated heterocycles. The molecule has 0 radical (unpaired) electrons. The van der Waals surface area contributed by atoms with Gasteiger partial charge in [-0.2, -0.15) is 0 Å². The molecule has 2 aromatic rings. The first-order chi connectivity index (χ1) is 10.2. The molecular weight excluding hydrogens is 266 g/mol. The third kappa shape index (κ3) is 4.24. The first-order valence-corrected chi connectivity index (χ1v) is 6.95. The molecule has 2 rings (SSSR count). The van der Waals surface area contributed by atoms with Crippen molar-refractivity contribution in [2.75, 3.05) is 11.9 Å². The van der Waals surface area contributed by atoms with Crippen LogP contribution in [0.2, 0.25) is 0 Å². The van der Waals surface area contributed by atoms with E-state index in [0.717, 1.165) is 24.3 Å². The normalized spacial score (nSPS) is 10.2. The molecule has 2 aromatic heterocycles. The molecule has 0 saturated carbocycles. The van der Waals surface area contributed by atoms with Gasteiger partial charge in [0.25, 0.3) is 5.91 Å². The summed E-state index contributed by atoms with van der Waals surface area (Å²) >= 11 is 0. The number of aromatic nitrogens is 3. The van der Waals surface area contributed by atoms with Crippen molar-refractivity contribution in [1.29, 1.82) is 0 Å². The van der Waals surface area contributed by atoms with Gasteiger partial charge in [0, 0.05) is 25.1 Å². The van der Waals surface area contributed by atoms with Crippen molar-refractivity contribution in [3.63, 3.8) is 0 Å². The molecule has 0 aromatic carbocycles. The highest BCUT2D eigenvalue weighted by atomic mass is 16.1. The maximum Gasteiger partial charge on any atom is 0.255 e. The number of nitrogens with one attached hydrogen (secondary N) is 2. The smallest absolute Gasteiger partial charge is 0.255 e. The van der Waals surface area contributed by atoms with Gasteiger partial charge in [-0.1, -0.05) is 6.92 Å². The Labute approximate surface area is 124 Å². The highest BCUT2D eigenvalue weighted by Gasteiger charge is 2.11. The number of hydrogen-bond acceptors (Lipinski definition) is 5. The summed E-state index contributed by atoms with van der Waals surface area (Å²) in [6.45, 7) is 5.07. The maximum atomic E-state index is 12.3. The van der Waals surface area contributed by atoms with Gasteiger partial charge >= 0.3 is 0 Å². The molecule has 21 heavy (non-hydrogen) atoms. The molecular formula is C15H19N5O. The molecule has 0 unspecified atom stereocenters. The Morgan fingerprint density at radius 1 is 1.29 bits per heavy atom. The number of amides is 1. The average Bonchev–Trinajstić information content (AvgIpc) is 2.51. The van der Waals surface area contributed by atoms with Gasteiger partial charge in [0.05, 0.1) is 23.5 Å². The van der Waals surface area contributed by atoms with Gasteiger partial charge < -0.3 is 10.6 Å². The molecule has 1 amide bonds. The quantitative estimate of drug-likeness (QED) is 0.847. The molecule has 0 spiro atoms. The molecule has 6 nitrogen and oxygen atoms in total. The molecule has 0 bridgehead atoms. The molecule has 0 aliphatic heterocycles. The van der Waals surface area contributed by atoms with Crippen molar-refractivity contribution >= 4 is 11.6 Å². The number of carbonyl (C=O) groups excluding carboxylic acids is 1. The lowest BCUT2D eigenvalue weighted by Gasteiger charge is -2.11. The summed E-state index contributed by atoms with van der Waals surface area (Å²) in [7, 11) is 0. The zero-order valence-corrected chi connectivity index (χ0v) is 12.3. The lowest BCUT2D eigenvalue weighted by atomic mass is 10.2. The number of nitrogens with zero attached hydrogens (tertiary/aromatic N) is 3. The van der Waals surface area contributed by atoms with Crippen LogP contribution in [-0.2, 0) is 6.54 Å². The van der Waals surface area contributed by atoms with Crippen LogP contribution >= 0.6 is 0 Å². The van der Waals surface area contributed by atoms with Crippen molar-refractivity contribution < 1.29 is 4.79 Å². The molecule has 2 N–H and O–H groups in total. The van der Waals surface area contributed by atoms with E-state index in [9.17, 15) is 4.79 Å². The molecule has 2 heterocycles. The minimum Gasteiger partial charge on any atom is -0.384 e. The van der Waals surface area contributed by atoms with E-state index in [0.29, 0.717) is 17.9 Å². The topological polar surface area (TPSA) is 79.8 Å². The summed E-state index contributed by atoms with van der Waals surface area (Å²) < 4.78 is 0. The second-order valence-electron chi connectivity index (χ2n) is 4.63. The van der Waals surface area contributed by atoms with Crippen LogP contribution in [0.3, 0.4) is 0 Å². The van der Waals surface area contributed by atoms with E-state index in [1.165, 1.54) is 0 Å². The second-order valence-corrected chi connectivity index (χ2v) is 4.63. The van der Waals surface area contributed by atoms with Gasteiger partial charge in [-0.15, -0.1) is 0 Å². The summed E-state index contributed by atoms with van der Waals surface area (Å²) in [5.74, 6) is 0.520. The van der Waals surface area contributed by atoms with Gasteiger partial charge in [0.15, 0.2) is 0 Å². The molecule has 0 fully saturated rings. The Kier molecular flexibility index (Phi) is 5.20. The number of pyridine rings is 1. The molecule has 0 aliphatic carbocycles. The molecule has 6 heteroatoms. The van der Waals surface area contributed by atoms with Crippen molar-refractivity contribution in [2.45, 2.75) is 26.8 Å². The van der Waals surface area contributed by atoms with E-state index in [1.54, 1.807) is 30.7 Å². The lowest BCUT2D eigenvalue weighted by Crippen LogP contribution is -2.24. The van der Waals surface area contributed by atoms with Crippen molar-refractivity contribution in [3.05, 3.63) is 47.8 Å². The van der Waals surface area contributed by atoms with Crippen LogP contribution in [-0.4, -0.2) is 27.4 Å². The predicted molar refractivity (Wildman–Crippen MR) is 81.0 cm³/mol. The van der Waals surface area contributed by atoms with E-state index >= 15 is 0 Å². The van der Waals surface area contributed by atoms with Crippen LogP contribution in [0.4, 0.5) is 5.69 Å². The number of hydrogen-bond donors (Lipinski definition) is 2. The SMILES string of the molecule is CCCNc1ccncc1C(=O)NCc1ccnc(C)n1. The number of aryl methyl sites for hydroxylation is 1. The number of anilines is 1. The van der Waals surface area contributed by atoms with Crippen LogP contribution in [0.15, 0.2) is 30.7 Å². The van der Waals surface area contributed by atoms with Crippen LogP contribution in [0.25, 0.3) is 0 Å². The second kappa shape index (κ2) is 7.33. The highest BCUT2D eigenvalue weighted by molar-refractivity contribution is 5.99. The third-order valence-corrected chi connectivity index (χ3v) is 2.89. The van der Waals surface area contributed by atoms with Crippen LogP contribution in [0.1, 0.15) is 35.2 Å². The Morgan fingerprint density at radius 2 is 2.14 bits per heavy atom. The van der Waals surface area contributed by atoms with Gasteiger partial charge in [0.1, 0.15) is 5.82 Å². The van der Waals surface area contributed by atoms with E-state index < -0.39 is 0 Å². The monoisotopic (exact) mass is 285 g/mol. The van der Waals surface area contributed by atoms with Crippen molar-refractivity contribution in [1.82, 2.24) is 20.3 Å². The maximum absolute atomic E-state index is 12.3. The van der Waals surface area contributed by atoms with E-state index in [4.69, 9.17) is 0 Å². The van der Waals surface area contributed by atoms with Gasteiger partial charge in [-0.3, -0.25) is 9.78 Å². The van der Waals surface area contributed by atoms with E-state index in [2.05, 4.69) is 32.5 Å². The van der Waals surface area contributed by atoms with Gasteiger partial charge in [-0.25, -0.2) is 9.97 Å². The fourth-order valence-electron chi connectivity index (χ4n) is 1.86. The highest BCUT2D eigenvalue weighted by Crippen LogP contribution is 2.13. The fourth-order valence-corrected chi connectivity index (χ4v) is 1.86. The Bertz CT molecular complexity index is 615. The summed E-state index contributed by atoms with van der Waals surface area (Å²) in [6, 6.07) is 3.59. The molecule has 0 atom stereocenters. The number of carbonyl (C=O) groups is 1. The largest absolute Gasteiger partial charge is 0.384 e. The summed E-state index contributed by atoms with van der Waals surface area (Å²) in [5, 5.41) is 6.07. The van der Waals surface area contributed by atoms with Crippen molar-refractivity contribution in [3.8, 4) is 0 Å². The standard InChI is InChI=1S/C15H19N5O/c1-3-6-18-14-5-7-16-10-13(14)15(21)19-9-12-4-8-17-11(2)20-12/h4-5,7-8,10H,3,6,9H2,1-2H3,(H,16,18)(H,19,21). The Morgan fingerprint density at radius 3 is 2.90 bits per heavy atom. The zero-order valence-electron chi connectivity index (χ0n) is 12.3. The van der Waals surface area contributed by atoms with Crippen LogP contribution in [0, 0.1) is 6.92 Å². The first-order valence-electron chi connectivity index (χ1n) is 6.95. The Hall–Kier alpha value is -2.50. The van der Waals surface area contributed by atoms with E-state index in [-0.39, 0.29) is 5.91 Å². The van der Waals surface area contributed by atoms with Crippen LogP contribution < -0.4 is 10.6 Å². The predicted octanol–water partition coefficient (Wildman–Crippen LogP) is 1.93. The van der Waals surface area contributed by atoms with E-state index in [1.807, 2.05) is 6.92 Å². The minimum absolute atomic E-state index is 0.169. The summed E-state index contributed by atoms with van der Waals surface area (Å²) in [5.41, 5.74) is 2.11. The lowest BCUT2D eigenvalue weighted by molar-refractivity contribution is 0.0951. The fraction of sp³-hybridized carbons (Fsp3) is 0.333. The summed E-state index contributed by atoms with van der Waals surface area (Å²) in [4.78, 5) is 24.6. The zero-order chi connectivity index (χ0) is 15.1.